The van der Waals surface area contributed by atoms with Gasteiger partial charge in [0.15, 0.2) is 5.78 Å². The molecule has 1 atom stereocenters. The zero-order valence-corrected chi connectivity index (χ0v) is 16.3. The fraction of sp³-hybridized carbons (Fsp3) is 0.208. The SMILES string of the molecule is CC(C)CC(=O)C=C1C=CC=CC1P(c1ccccc1)c1ccccc1. The summed E-state index contributed by atoms with van der Waals surface area (Å²) in [5.41, 5.74) is 1.34. The summed E-state index contributed by atoms with van der Waals surface area (Å²) in [7, 11) is -0.618. The number of benzene rings is 2. The van der Waals surface area contributed by atoms with Crippen LogP contribution in [0, 0.1) is 5.92 Å². The van der Waals surface area contributed by atoms with E-state index in [1.165, 1.54) is 10.6 Å². The van der Waals surface area contributed by atoms with Gasteiger partial charge >= 0.3 is 0 Å². The van der Waals surface area contributed by atoms with Crippen molar-refractivity contribution in [3.63, 3.8) is 0 Å². The molecule has 0 heterocycles. The Kier molecular flexibility index (Phi) is 6.36. The third-order valence-electron chi connectivity index (χ3n) is 4.32. The van der Waals surface area contributed by atoms with E-state index in [1.807, 2.05) is 12.2 Å². The first kappa shape index (κ1) is 18.5. The Morgan fingerprint density at radius 2 is 1.54 bits per heavy atom. The Morgan fingerprint density at radius 1 is 0.962 bits per heavy atom. The highest BCUT2D eigenvalue weighted by atomic mass is 31.1. The predicted molar refractivity (Wildman–Crippen MR) is 114 cm³/mol. The summed E-state index contributed by atoms with van der Waals surface area (Å²) in [5, 5.41) is 2.67. The number of ketones is 1. The lowest BCUT2D eigenvalue weighted by atomic mass is 10.0. The first-order valence-corrected chi connectivity index (χ1v) is 10.5. The first-order valence-electron chi connectivity index (χ1n) is 9.14. The van der Waals surface area contributed by atoms with Crippen molar-refractivity contribution in [1.29, 1.82) is 0 Å². The number of rotatable bonds is 6. The van der Waals surface area contributed by atoms with Crippen molar-refractivity contribution in [2.24, 2.45) is 5.92 Å². The van der Waals surface area contributed by atoms with E-state index >= 15 is 0 Å². The predicted octanol–water partition coefficient (Wildman–Crippen LogP) is 5.16. The lowest BCUT2D eigenvalue weighted by Crippen LogP contribution is -2.23. The molecule has 2 heteroatoms. The van der Waals surface area contributed by atoms with Gasteiger partial charge in [-0.3, -0.25) is 4.79 Å². The van der Waals surface area contributed by atoms with E-state index in [-0.39, 0.29) is 11.4 Å². The minimum atomic E-state index is -0.618. The third-order valence-corrected chi connectivity index (χ3v) is 7.05. The van der Waals surface area contributed by atoms with Gasteiger partial charge < -0.3 is 0 Å². The number of allylic oxidation sites excluding steroid dienone is 6. The van der Waals surface area contributed by atoms with Gasteiger partial charge in [0, 0.05) is 12.1 Å². The topological polar surface area (TPSA) is 17.1 Å². The van der Waals surface area contributed by atoms with Crippen LogP contribution in [0.5, 0.6) is 0 Å². The fourth-order valence-electron chi connectivity index (χ4n) is 3.21. The van der Waals surface area contributed by atoms with E-state index in [0.717, 1.165) is 5.57 Å². The summed E-state index contributed by atoms with van der Waals surface area (Å²) in [5.74, 6) is 0.599. The summed E-state index contributed by atoms with van der Waals surface area (Å²) in [4.78, 5) is 12.4. The second kappa shape index (κ2) is 8.92. The van der Waals surface area contributed by atoms with Gasteiger partial charge in [0.05, 0.1) is 0 Å². The Labute approximate surface area is 157 Å². The van der Waals surface area contributed by atoms with Gasteiger partial charge in [0.1, 0.15) is 0 Å². The molecule has 132 valence electrons. The molecule has 2 aromatic rings. The maximum atomic E-state index is 12.4. The molecule has 0 fully saturated rings. The lowest BCUT2D eigenvalue weighted by Gasteiger charge is -2.29. The van der Waals surface area contributed by atoms with Gasteiger partial charge in [-0.2, -0.15) is 0 Å². The third kappa shape index (κ3) is 4.68. The van der Waals surface area contributed by atoms with E-state index in [9.17, 15) is 4.79 Å². The van der Waals surface area contributed by atoms with Crippen LogP contribution < -0.4 is 10.6 Å². The van der Waals surface area contributed by atoms with Gasteiger partial charge in [0.2, 0.25) is 0 Å². The normalized spacial score (nSPS) is 18.0. The largest absolute Gasteiger partial charge is 0.295 e. The van der Waals surface area contributed by atoms with Crippen LogP contribution in [0.2, 0.25) is 0 Å². The Morgan fingerprint density at radius 3 is 2.08 bits per heavy atom. The van der Waals surface area contributed by atoms with Crippen LogP contribution >= 0.6 is 7.92 Å². The highest BCUT2D eigenvalue weighted by Gasteiger charge is 2.26. The Balaban J connectivity index is 2.02. The molecule has 0 bridgehead atoms. The molecule has 1 aliphatic carbocycles. The summed E-state index contributed by atoms with van der Waals surface area (Å²) >= 11 is 0. The van der Waals surface area contributed by atoms with Crippen molar-refractivity contribution in [2.45, 2.75) is 25.9 Å². The van der Waals surface area contributed by atoms with Gasteiger partial charge in [0.25, 0.3) is 0 Å². The molecule has 0 aliphatic heterocycles. The second-order valence-electron chi connectivity index (χ2n) is 6.94. The van der Waals surface area contributed by atoms with Crippen LogP contribution in [0.4, 0.5) is 0 Å². The number of hydrogen-bond acceptors (Lipinski definition) is 1. The Hall–Kier alpha value is -2.24. The van der Waals surface area contributed by atoms with Crippen molar-refractivity contribution < 1.29 is 4.79 Å². The van der Waals surface area contributed by atoms with Crippen molar-refractivity contribution >= 4 is 24.3 Å². The smallest absolute Gasteiger partial charge is 0.156 e. The maximum Gasteiger partial charge on any atom is 0.156 e. The van der Waals surface area contributed by atoms with Crippen LogP contribution in [0.3, 0.4) is 0 Å². The van der Waals surface area contributed by atoms with Gasteiger partial charge in [-0.15, -0.1) is 0 Å². The van der Waals surface area contributed by atoms with Crippen molar-refractivity contribution in [3.05, 3.63) is 96.6 Å². The molecule has 2 aromatic carbocycles. The van der Waals surface area contributed by atoms with Crippen LogP contribution in [-0.4, -0.2) is 11.4 Å². The molecule has 26 heavy (non-hydrogen) atoms. The zero-order valence-electron chi connectivity index (χ0n) is 15.4. The van der Waals surface area contributed by atoms with E-state index in [2.05, 4.69) is 92.7 Å². The van der Waals surface area contributed by atoms with E-state index < -0.39 is 7.92 Å². The van der Waals surface area contributed by atoms with Crippen LogP contribution in [0.1, 0.15) is 20.3 Å². The van der Waals surface area contributed by atoms with Crippen LogP contribution in [0.25, 0.3) is 0 Å². The molecular formula is C24H25OP. The van der Waals surface area contributed by atoms with Crippen LogP contribution in [0.15, 0.2) is 96.6 Å². The van der Waals surface area contributed by atoms with Gasteiger partial charge in [-0.25, -0.2) is 0 Å². The maximum absolute atomic E-state index is 12.4. The zero-order chi connectivity index (χ0) is 18.4. The number of carbonyl (C=O) groups is 1. The second-order valence-corrected chi connectivity index (χ2v) is 9.27. The monoisotopic (exact) mass is 360 g/mol. The average Bonchev–Trinajstić information content (AvgIpc) is 2.64. The highest BCUT2D eigenvalue weighted by Crippen LogP contribution is 2.45. The first-order chi connectivity index (χ1) is 12.6. The Bertz CT molecular complexity index is 776. The summed E-state index contributed by atoms with van der Waals surface area (Å²) in [6.07, 6.45) is 11.0. The minimum absolute atomic E-state index is 0.218. The molecule has 1 unspecified atom stereocenters. The fourth-order valence-corrected chi connectivity index (χ4v) is 5.87. The van der Waals surface area contributed by atoms with Gasteiger partial charge in [-0.05, 0) is 36.1 Å². The minimum Gasteiger partial charge on any atom is -0.295 e. The van der Waals surface area contributed by atoms with E-state index in [0.29, 0.717) is 12.3 Å². The van der Waals surface area contributed by atoms with Crippen molar-refractivity contribution in [3.8, 4) is 0 Å². The molecule has 0 spiro atoms. The lowest BCUT2D eigenvalue weighted by molar-refractivity contribution is -0.115. The molecule has 0 radical (unpaired) electrons. The molecule has 0 saturated heterocycles. The molecule has 0 saturated carbocycles. The highest BCUT2D eigenvalue weighted by molar-refractivity contribution is 7.74. The molecule has 1 nitrogen and oxygen atoms in total. The number of hydrogen-bond donors (Lipinski definition) is 0. The standard InChI is InChI=1S/C24H25OP/c1-19(2)17-21(25)18-20-11-9-10-16-24(20)26(22-12-5-3-6-13-22)23-14-7-4-8-15-23/h3-16,18-19,24H,17H2,1-2H3. The molecule has 0 aromatic heterocycles. The van der Waals surface area contributed by atoms with Crippen molar-refractivity contribution in [2.75, 3.05) is 0 Å². The molecule has 0 amide bonds. The molecule has 3 rings (SSSR count). The van der Waals surface area contributed by atoms with E-state index in [1.54, 1.807) is 0 Å². The average molecular weight is 360 g/mol. The summed E-state index contributed by atoms with van der Waals surface area (Å²) < 4.78 is 0. The van der Waals surface area contributed by atoms with Crippen molar-refractivity contribution in [1.82, 2.24) is 0 Å². The number of carbonyl (C=O) groups excluding carboxylic acids is 1. The van der Waals surface area contributed by atoms with Gasteiger partial charge in [-0.1, -0.05) is 98.8 Å². The summed E-state index contributed by atoms with van der Waals surface area (Å²) in [6, 6.07) is 21.3. The summed E-state index contributed by atoms with van der Waals surface area (Å²) in [6.45, 7) is 4.18. The van der Waals surface area contributed by atoms with Crippen LogP contribution in [-0.2, 0) is 4.79 Å². The quantitative estimate of drug-likeness (QED) is 0.514. The van der Waals surface area contributed by atoms with E-state index in [4.69, 9.17) is 0 Å². The molecule has 0 N–H and O–H groups in total. The molecular weight excluding hydrogens is 335 g/mol. The molecule has 1 aliphatic rings.